The number of rotatable bonds is 4. The van der Waals surface area contributed by atoms with Crippen LogP contribution in [0.4, 0.5) is 10.5 Å². The van der Waals surface area contributed by atoms with E-state index in [0.29, 0.717) is 43.3 Å². The van der Waals surface area contributed by atoms with E-state index >= 15 is 0 Å². The van der Waals surface area contributed by atoms with Crippen molar-refractivity contribution in [1.29, 1.82) is 0 Å². The molecule has 1 N–H and O–H groups in total. The predicted molar refractivity (Wildman–Crippen MR) is 90.3 cm³/mol. The van der Waals surface area contributed by atoms with E-state index in [1.807, 2.05) is 6.92 Å². The van der Waals surface area contributed by atoms with Crippen molar-refractivity contribution in [2.45, 2.75) is 13.3 Å². The Labute approximate surface area is 141 Å². The van der Waals surface area contributed by atoms with Gasteiger partial charge in [0.05, 0.1) is 23.4 Å². The summed E-state index contributed by atoms with van der Waals surface area (Å²) >= 11 is 6.26. The number of nitrogens with zero attached hydrogens (tertiary/aromatic N) is 2. The Bertz CT molecular complexity index is 572. The number of benzene rings is 1. The van der Waals surface area contributed by atoms with Gasteiger partial charge in [-0.25, -0.2) is 9.59 Å². The second-order valence-corrected chi connectivity index (χ2v) is 5.77. The minimum atomic E-state index is -0.388. The Balaban J connectivity index is 2.02. The third-order valence-corrected chi connectivity index (χ3v) is 4.12. The largest absolute Gasteiger partial charge is 0.465 e. The summed E-state index contributed by atoms with van der Waals surface area (Å²) in [5.41, 5.74) is 1.26. The van der Waals surface area contributed by atoms with Crippen molar-refractivity contribution in [1.82, 2.24) is 10.2 Å². The highest BCUT2D eigenvalue weighted by Crippen LogP contribution is 2.28. The van der Waals surface area contributed by atoms with E-state index in [1.54, 1.807) is 23.1 Å². The fourth-order valence-electron chi connectivity index (χ4n) is 2.49. The Hall–Kier alpha value is -1.95. The molecule has 6 nitrogen and oxygen atoms in total. The van der Waals surface area contributed by atoms with Gasteiger partial charge in [-0.3, -0.25) is 0 Å². The number of hydrogen-bond donors (Lipinski definition) is 1. The predicted octanol–water partition coefficient (Wildman–Crippen LogP) is 2.37. The standard InChI is InChI=1S/C16H22ClN3O3/c1-3-6-18-16(22)20-9-7-19(8-10-20)14-11-12(15(21)23-2)4-5-13(14)17/h4-5,11H,3,6-10H2,1-2H3,(H,18,22). The zero-order valence-electron chi connectivity index (χ0n) is 13.5. The first kappa shape index (κ1) is 17.4. The second-order valence-electron chi connectivity index (χ2n) is 5.36. The molecule has 0 unspecified atom stereocenters. The maximum absolute atomic E-state index is 12.0. The lowest BCUT2D eigenvalue weighted by Crippen LogP contribution is -2.52. The fraction of sp³-hybridized carbons (Fsp3) is 0.500. The molecule has 0 radical (unpaired) electrons. The molecule has 23 heavy (non-hydrogen) atoms. The van der Waals surface area contributed by atoms with Gasteiger partial charge in [0.2, 0.25) is 0 Å². The average molecular weight is 340 g/mol. The van der Waals surface area contributed by atoms with Crippen molar-refractivity contribution >= 4 is 29.3 Å². The van der Waals surface area contributed by atoms with E-state index in [-0.39, 0.29) is 12.0 Å². The lowest BCUT2D eigenvalue weighted by Gasteiger charge is -2.36. The third-order valence-electron chi connectivity index (χ3n) is 3.80. The van der Waals surface area contributed by atoms with E-state index in [0.717, 1.165) is 12.1 Å². The highest BCUT2D eigenvalue weighted by atomic mass is 35.5. The van der Waals surface area contributed by atoms with Gasteiger partial charge in [0.25, 0.3) is 0 Å². The number of ether oxygens (including phenoxy) is 1. The summed E-state index contributed by atoms with van der Waals surface area (Å²) in [6.45, 7) is 5.29. The van der Waals surface area contributed by atoms with Crippen molar-refractivity contribution in [2.75, 3.05) is 44.7 Å². The minimum absolute atomic E-state index is 0.0269. The molecule has 1 saturated heterocycles. The zero-order chi connectivity index (χ0) is 16.8. The number of esters is 1. The Morgan fingerprint density at radius 3 is 2.57 bits per heavy atom. The lowest BCUT2D eigenvalue weighted by atomic mass is 10.1. The van der Waals surface area contributed by atoms with Gasteiger partial charge in [-0.05, 0) is 24.6 Å². The molecular weight excluding hydrogens is 318 g/mol. The number of amides is 2. The van der Waals surface area contributed by atoms with Crippen molar-refractivity contribution in [3.05, 3.63) is 28.8 Å². The lowest BCUT2D eigenvalue weighted by molar-refractivity contribution is 0.0600. The van der Waals surface area contributed by atoms with E-state index < -0.39 is 0 Å². The average Bonchev–Trinajstić information content (AvgIpc) is 2.59. The first-order valence-electron chi connectivity index (χ1n) is 7.72. The van der Waals surface area contributed by atoms with Crippen molar-refractivity contribution in [3.8, 4) is 0 Å². The number of hydrogen-bond acceptors (Lipinski definition) is 4. The maximum Gasteiger partial charge on any atom is 0.337 e. The number of methoxy groups -OCH3 is 1. The van der Waals surface area contributed by atoms with Crippen molar-refractivity contribution in [2.24, 2.45) is 0 Å². The molecule has 7 heteroatoms. The Morgan fingerprint density at radius 1 is 1.26 bits per heavy atom. The number of halogens is 1. The van der Waals surface area contributed by atoms with E-state index in [2.05, 4.69) is 10.2 Å². The topological polar surface area (TPSA) is 61.9 Å². The van der Waals surface area contributed by atoms with Crippen LogP contribution in [-0.2, 0) is 4.74 Å². The summed E-state index contributed by atoms with van der Waals surface area (Å²) in [5.74, 6) is -0.388. The molecule has 0 saturated carbocycles. The summed E-state index contributed by atoms with van der Waals surface area (Å²) < 4.78 is 4.74. The van der Waals surface area contributed by atoms with Crippen LogP contribution in [0.5, 0.6) is 0 Å². The van der Waals surface area contributed by atoms with Crippen LogP contribution >= 0.6 is 11.6 Å². The second kappa shape index (κ2) is 8.06. The van der Waals surface area contributed by atoms with Crippen LogP contribution in [0, 0.1) is 0 Å². The van der Waals surface area contributed by atoms with Crippen LogP contribution in [0.2, 0.25) is 5.02 Å². The molecule has 0 bridgehead atoms. The van der Waals surface area contributed by atoms with E-state index in [9.17, 15) is 9.59 Å². The molecule has 2 rings (SSSR count). The van der Waals surface area contributed by atoms with Crippen LogP contribution < -0.4 is 10.2 Å². The monoisotopic (exact) mass is 339 g/mol. The van der Waals surface area contributed by atoms with Gasteiger partial charge in [0.1, 0.15) is 0 Å². The minimum Gasteiger partial charge on any atom is -0.465 e. The van der Waals surface area contributed by atoms with Gasteiger partial charge in [-0.1, -0.05) is 18.5 Å². The number of piperazine rings is 1. The molecule has 1 aromatic rings. The Morgan fingerprint density at radius 2 is 1.96 bits per heavy atom. The molecule has 1 aliphatic heterocycles. The van der Waals surface area contributed by atoms with Gasteiger partial charge in [-0.2, -0.15) is 0 Å². The first-order chi connectivity index (χ1) is 11.1. The smallest absolute Gasteiger partial charge is 0.337 e. The van der Waals surface area contributed by atoms with Gasteiger partial charge in [0, 0.05) is 32.7 Å². The molecule has 1 heterocycles. The normalized spacial score (nSPS) is 14.6. The molecule has 1 aromatic carbocycles. The molecule has 0 aliphatic carbocycles. The molecule has 0 atom stereocenters. The van der Waals surface area contributed by atoms with Gasteiger partial charge in [-0.15, -0.1) is 0 Å². The summed E-state index contributed by atoms with van der Waals surface area (Å²) in [4.78, 5) is 27.5. The number of carbonyl (C=O) groups is 2. The Kier molecular flexibility index (Phi) is 6.10. The van der Waals surface area contributed by atoms with Crippen LogP contribution in [0.15, 0.2) is 18.2 Å². The number of nitrogens with one attached hydrogen (secondary N) is 1. The highest BCUT2D eigenvalue weighted by molar-refractivity contribution is 6.33. The van der Waals surface area contributed by atoms with Crippen molar-refractivity contribution in [3.63, 3.8) is 0 Å². The number of anilines is 1. The first-order valence-corrected chi connectivity index (χ1v) is 8.10. The fourth-order valence-corrected chi connectivity index (χ4v) is 2.73. The molecule has 1 aliphatic rings. The van der Waals surface area contributed by atoms with Gasteiger partial charge in [0.15, 0.2) is 0 Å². The number of urea groups is 1. The van der Waals surface area contributed by atoms with Crippen molar-refractivity contribution < 1.29 is 14.3 Å². The van der Waals surface area contributed by atoms with Crippen LogP contribution in [0.25, 0.3) is 0 Å². The van der Waals surface area contributed by atoms with E-state index in [4.69, 9.17) is 16.3 Å². The highest BCUT2D eigenvalue weighted by Gasteiger charge is 2.23. The van der Waals surface area contributed by atoms with Crippen LogP contribution in [-0.4, -0.2) is 56.7 Å². The summed E-state index contributed by atoms with van der Waals surface area (Å²) in [5, 5.41) is 3.47. The summed E-state index contributed by atoms with van der Waals surface area (Å²) in [6, 6.07) is 5.05. The molecule has 126 valence electrons. The molecule has 2 amide bonds. The van der Waals surface area contributed by atoms with Crippen LogP contribution in [0.1, 0.15) is 23.7 Å². The number of carbonyl (C=O) groups excluding carboxylic acids is 2. The van der Waals surface area contributed by atoms with Gasteiger partial charge >= 0.3 is 12.0 Å². The van der Waals surface area contributed by atoms with Crippen LogP contribution in [0.3, 0.4) is 0 Å². The maximum atomic E-state index is 12.0. The SMILES string of the molecule is CCCNC(=O)N1CCN(c2cc(C(=O)OC)ccc2Cl)CC1. The van der Waals surface area contributed by atoms with E-state index in [1.165, 1.54) is 7.11 Å². The molecular formula is C16H22ClN3O3. The van der Waals surface area contributed by atoms with Gasteiger partial charge < -0.3 is 19.9 Å². The molecule has 1 fully saturated rings. The third kappa shape index (κ3) is 4.28. The molecule has 0 aromatic heterocycles. The summed E-state index contributed by atoms with van der Waals surface area (Å²) in [6.07, 6.45) is 0.918. The zero-order valence-corrected chi connectivity index (χ0v) is 14.2. The quantitative estimate of drug-likeness (QED) is 0.855. The summed E-state index contributed by atoms with van der Waals surface area (Å²) in [7, 11) is 1.35. The molecule has 0 spiro atoms.